The molecule has 0 aliphatic rings. The number of aromatic nitrogens is 1. The van der Waals surface area contributed by atoms with Gasteiger partial charge in [0.2, 0.25) is 0 Å². The van der Waals surface area contributed by atoms with Crippen LogP contribution in [0.15, 0.2) is 41.8 Å². The summed E-state index contributed by atoms with van der Waals surface area (Å²) < 4.78 is 10.8. The van der Waals surface area contributed by atoms with Crippen molar-refractivity contribution in [2.75, 3.05) is 20.8 Å². The van der Waals surface area contributed by atoms with E-state index in [4.69, 9.17) is 20.2 Å². The number of hydrogen-bond acceptors (Lipinski definition) is 6. The highest BCUT2D eigenvalue weighted by molar-refractivity contribution is 7.13. The van der Waals surface area contributed by atoms with Crippen LogP contribution in [0.5, 0.6) is 17.2 Å². The number of ether oxygens (including phenoxy) is 2. The van der Waals surface area contributed by atoms with Gasteiger partial charge in [0.1, 0.15) is 10.8 Å². The molecular formula is C19H22Cl2N2O3S. The fraction of sp³-hybridized carbons (Fsp3) is 0.211. The van der Waals surface area contributed by atoms with Crippen LogP contribution in [0.3, 0.4) is 0 Å². The predicted octanol–water partition coefficient (Wildman–Crippen LogP) is 4.54. The monoisotopic (exact) mass is 428 g/mol. The number of rotatable bonds is 6. The van der Waals surface area contributed by atoms with E-state index in [9.17, 15) is 5.11 Å². The van der Waals surface area contributed by atoms with E-state index in [1.165, 1.54) is 0 Å². The second-order valence-corrected chi connectivity index (χ2v) is 6.35. The van der Waals surface area contributed by atoms with Gasteiger partial charge in [-0.3, -0.25) is 0 Å². The van der Waals surface area contributed by atoms with Gasteiger partial charge in [-0.25, -0.2) is 4.98 Å². The first kappa shape index (κ1) is 23.0. The maximum absolute atomic E-state index is 9.43. The third-order valence-corrected chi connectivity index (χ3v) is 4.81. The van der Waals surface area contributed by atoms with Crippen molar-refractivity contribution in [3.05, 3.63) is 47.3 Å². The van der Waals surface area contributed by atoms with Gasteiger partial charge in [-0.2, -0.15) is 0 Å². The average molecular weight is 429 g/mol. The van der Waals surface area contributed by atoms with Gasteiger partial charge in [0, 0.05) is 16.5 Å². The van der Waals surface area contributed by atoms with Gasteiger partial charge in [-0.05, 0) is 54.9 Å². The van der Waals surface area contributed by atoms with Crippen molar-refractivity contribution >= 4 is 36.2 Å². The van der Waals surface area contributed by atoms with Crippen molar-refractivity contribution in [3.63, 3.8) is 0 Å². The Morgan fingerprint density at radius 3 is 2.26 bits per heavy atom. The first-order valence-corrected chi connectivity index (χ1v) is 8.74. The number of benzene rings is 2. The molecule has 3 rings (SSSR count). The van der Waals surface area contributed by atoms with Gasteiger partial charge < -0.3 is 20.3 Å². The van der Waals surface area contributed by atoms with E-state index < -0.39 is 0 Å². The maximum atomic E-state index is 9.43. The Kier molecular flexibility index (Phi) is 8.85. The molecule has 0 unspecified atom stereocenters. The van der Waals surface area contributed by atoms with Gasteiger partial charge in [0.05, 0.1) is 19.9 Å². The quantitative estimate of drug-likeness (QED) is 0.602. The Hall–Kier alpha value is -1.99. The number of aromatic hydroxyl groups is 1. The Bertz CT molecular complexity index is 870. The van der Waals surface area contributed by atoms with Gasteiger partial charge >= 0.3 is 0 Å². The molecule has 0 aliphatic heterocycles. The minimum absolute atomic E-state index is 0. The summed E-state index contributed by atoms with van der Waals surface area (Å²) in [6.07, 6.45) is 0.724. The zero-order valence-electron chi connectivity index (χ0n) is 15.0. The summed E-state index contributed by atoms with van der Waals surface area (Å²) in [5.41, 5.74) is 9.67. The van der Waals surface area contributed by atoms with Gasteiger partial charge in [-0.15, -0.1) is 36.2 Å². The second-order valence-electron chi connectivity index (χ2n) is 5.49. The molecule has 146 valence electrons. The van der Waals surface area contributed by atoms with Crippen LogP contribution in [0.2, 0.25) is 0 Å². The fourth-order valence-corrected chi connectivity index (χ4v) is 3.48. The van der Waals surface area contributed by atoms with Crippen LogP contribution in [0, 0.1) is 0 Å². The highest BCUT2D eigenvalue weighted by Crippen LogP contribution is 2.37. The molecule has 0 saturated carbocycles. The molecule has 0 amide bonds. The summed E-state index contributed by atoms with van der Waals surface area (Å²) in [6.45, 7) is 0.539. The highest BCUT2D eigenvalue weighted by atomic mass is 35.5. The van der Waals surface area contributed by atoms with E-state index in [0.29, 0.717) is 18.0 Å². The molecule has 0 radical (unpaired) electrons. The average Bonchev–Trinajstić information content (AvgIpc) is 3.12. The lowest BCUT2D eigenvalue weighted by Crippen LogP contribution is -2.05. The number of nitrogens with two attached hydrogens (primary N) is 1. The number of hydrogen-bond donors (Lipinski definition) is 2. The van der Waals surface area contributed by atoms with E-state index in [2.05, 4.69) is 0 Å². The molecule has 27 heavy (non-hydrogen) atoms. The zero-order chi connectivity index (χ0) is 17.8. The third kappa shape index (κ3) is 5.05. The summed E-state index contributed by atoms with van der Waals surface area (Å²) in [4.78, 5) is 4.75. The Morgan fingerprint density at radius 1 is 1.04 bits per heavy atom. The third-order valence-electron chi connectivity index (χ3n) is 3.92. The van der Waals surface area contributed by atoms with E-state index in [0.717, 1.165) is 33.8 Å². The van der Waals surface area contributed by atoms with Crippen LogP contribution < -0.4 is 15.2 Å². The Balaban J connectivity index is 0.00000182. The predicted molar refractivity (Wildman–Crippen MR) is 115 cm³/mol. The van der Waals surface area contributed by atoms with E-state index in [-0.39, 0.29) is 30.6 Å². The van der Waals surface area contributed by atoms with Crippen molar-refractivity contribution in [1.82, 2.24) is 4.98 Å². The molecule has 1 aromatic heterocycles. The first-order valence-electron chi connectivity index (χ1n) is 7.86. The van der Waals surface area contributed by atoms with Gasteiger partial charge in [-0.1, -0.05) is 0 Å². The molecular weight excluding hydrogens is 407 g/mol. The lowest BCUT2D eigenvalue weighted by molar-refractivity contribution is 0.354. The maximum Gasteiger partial charge on any atom is 0.161 e. The highest BCUT2D eigenvalue weighted by Gasteiger charge is 2.15. The van der Waals surface area contributed by atoms with Crippen LogP contribution in [0.4, 0.5) is 0 Å². The molecule has 0 saturated heterocycles. The van der Waals surface area contributed by atoms with Crippen LogP contribution in [0.1, 0.15) is 5.56 Å². The molecule has 0 atom stereocenters. The number of thiazole rings is 1. The minimum Gasteiger partial charge on any atom is -0.508 e. The summed E-state index contributed by atoms with van der Waals surface area (Å²) in [5.74, 6) is 1.59. The molecule has 0 aliphatic carbocycles. The molecule has 0 spiro atoms. The lowest BCUT2D eigenvalue weighted by Gasteiger charge is -2.13. The van der Waals surface area contributed by atoms with Gasteiger partial charge in [0.25, 0.3) is 0 Å². The fourth-order valence-electron chi connectivity index (χ4n) is 2.66. The molecule has 1 heterocycles. The van der Waals surface area contributed by atoms with Crippen molar-refractivity contribution in [2.24, 2.45) is 5.73 Å². The molecule has 2 aromatic carbocycles. The van der Waals surface area contributed by atoms with Gasteiger partial charge in [0.15, 0.2) is 11.5 Å². The summed E-state index contributed by atoms with van der Waals surface area (Å²) in [6, 6.07) is 10.9. The molecule has 3 aromatic rings. The number of phenolic OH excluding ortho intramolecular Hbond substituents is 1. The summed E-state index contributed by atoms with van der Waals surface area (Å²) in [7, 11) is 3.24. The smallest absolute Gasteiger partial charge is 0.161 e. The molecule has 3 N–H and O–H groups in total. The van der Waals surface area contributed by atoms with E-state index in [1.54, 1.807) is 37.7 Å². The first-order chi connectivity index (χ1) is 12.2. The number of nitrogens with zero attached hydrogens (tertiary/aromatic N) is 1. The van der Waals surface area contributed by atoms with Crippen LogP contribution >= 0.6 is 36.2 Å². The molecule has 8 heteroatoms. The topological polar surface area (TPSA) is 77.6 Å². The number of halogens is 2. The molecule has 0 bridgehead atoms. The van der Waals surface area contributed by atoms with Crippen LogP contribution in [-0.4, -0.2) is 30.9 Å². The summed E-state index contributed by atoms with van der Waals surface area (Å²) in [5, 5.41) is 12.3. The van der Waals surface area contributed by atoms with E-state index >= 15 is 0 Å². The second kappa shape index (κ2) is 10.4. The van der Waals surface area contributed by atoms with Crippen LogP contribution in [0.25, 0.3) is 21.8 Å². The Morgan fingerprint density at radius 2 is 1.67 bits per heavy atom. The standard InChI is InChI=1S/C19H20N2O3S.2ClH/c1-23-17-9-13(7-8-20)15(10-18(17)24-2)16-11-25-19(21-16)12-3-5-14(22)6-4-12;;/h3-6,9-11,22H,7-8,20H2,1-2H3;2*1H. The van der Waals surface area contributed by atoms with E-state index in [1.807, 2.05) is 29.6 Å². The number of phenols is 1. The van der Waals surface area contributed by atoms with Crippen LogP contribution in [-0.2, 0) is 6.42 Å². The minimum atomic E-state index is 0. The molecule has 5 nitrogen and oxygen atoms in total. The largest absolute Gasteiger partial charge is 0.508 e. The normalized spacial score (nSPS) is 9.89. The van der Waals surface area contributed by atoms with Crippen molar-refractivity contribution < 1.29 is 14.6 Å². The van der Waals surface area contributed by atoms with Crippen molar-refractivity contribution in [2.45, 2.75) is 6.42 Å². The molecule has 0 fully saturated rings. The SMILES string of the molecule is COc1cc(CCN)c(-c2csc(-c3ccc(O)cc3)n2)cc1OC.Cl.Cl. The zero-order valence-corrected chi connectivity index (χ0v) is 17.4. The lowest BCUT2D eigenvalue weighted by atomic mass is 10.0. The summed E-state index contributed by atoms with van der Waals surface area (Å²) >= 11 is 1.56. The van der Waals surface area contributed by atoms with Crippen molar-refractivity contribution in [3.8, 4) is 39.1 Å². The van der Waals surface area contributed by atoms with Crippen molar-refractivity contribution in [1.29, 1.82) is 0 Å². The Labute approximate surface area is 175 Å². The number of methoxy groups -OCH3 is 2.